The number of nitro benzene ring substituents is 1. The summed E-state index contributed by atoms with van der Waals surface area (Å²) in [6.07, 6.45) is 7.16. The number of amides is 1. The predicted molar refractivity (Wildman–Crippen MR) is 128 cm³/mol. The fraction of sp³-hybridized carbons (Fsp3) is 0.364. The van der Waals surface area contributed by atoms with E-state index in [0.717, 1.165) is 53.7 Å². The Balaban J connectivity index is 1.40. The first-order valence-electron chi connectivity index (χ1n) is 10.9. The number of hydrogen-bond acceptors (Lipinski definition) is 8. The lowest BCUT2D eigenvalue weighted by Gasteiger charge is -2.17. The summed E-state index contributed by atoms with van der Waals surface area (Å²) < 4.78 is 1.80. The van der Waals surface area contributed by atoms with Crippen molar-refractivity contribution in [2.75, 3.05) is 30.3 Å². The molecule has 33 heavy (non-hydrogen) atoms. The normalized spacial score (nSPS) is 13.8. The SMILES string of the molecule is CCSc1nc(N2CCCC2)c2cnn(CCNC(=O)/C=C\c3ccc([N+](=O)[O-])cc3)c2n1. The molecule has 1 saturated heterocycles. The molecule has 1 aliphatic rings. The van der Waals surface area contributed by atoms with E-state index >= 15 is 0 Å². The zero-order valence-electron chi connectivity index (χ0n) is 18.3. The lowest BCUT2D eigenvalue weighted by atomic mass is 10.2. The van der Waals surface area contributed by atoms with Crippen LogP contribution in [0.4, 0.5) is 11.5 Å². The van der Waals surface area contributed by atoms with E-state index in [4.69, 9.17) is 9.97 Å². The van der Waals surface area contributed by atoms with Crippen LogP contribution in [-0.2, 0) is 11.3 Å². The van der Waals surface area contributed by atoms with Crippen LogP contribution in [0.3, 0.4) is 0 Å². The minimum absolute atomic E-state index is 0.0141. The van der Waals surface area contributed by atoms with Crippen LogP contribution in [0.15, 0.2) is 41.7 Å². The fourth-order valence-electron chi connectivity index (χ4n) is 3.67. The van der Waals surface area contributed by atoms with E-state index in [0.29, 0.717) is 18.7 Å². The number of benzene rings is 1. The molecule has 10 nitrogen and oxygen atoms in total. The zero-order chi connectivity index (χ0) is 23.2. The highest BCUT2D eigenvalue weighted by molar-refractivity contribution is 7.99. The number of nitrogens with zero attached hydrogens (tertiary/aromatic N) is 6. The lowest BCUT2D eigenvalue weighted by Crippen LogP contribution is -2.26. The number of carbonyl (C=O) groups is 1. The molecule has 1 amide bonds. The molecule has 4 rings (SSSR count). The molecular weight excluding hydrogens is 442 g/mol. The number of fused-ring (bicyclic) bond motifs is 1. The standard InChI is InChI=1S/C22H25N7O3S/c1-2-33-22-25-20(27-12-3-4-13-27)18-15-24-28(21(18)26-22)14-11-23-19(30)10-7-16-5-8-17(9-6-16)29(31)32/h5-10,15H,2-4,11-14H2,1H3,(H,23,30)/b10-7-. The van der Waals surface area contributed by atoms with Crippen LogP contribution in [0.25, 0.3) is 17.1 Å². The van der Waals surface area contributed by atoms with Gasteiger partial charge in [0.25, 0.3) is 5.69 Å². The Morgan fingerprint density at radius 2 is 2.00 bits per heavy atom. The summed E-state index contributed by atoms with van der Waals surface area (Å²) in [5, 5.41) is 19.7. The van der Waals surface area contributed by atoms with Crippen molar-refractivity contribution in [2.24, 2.45) is 0 Å². The molecule has 0 spiro atoms. The van der Waals surface area contributed by atoms with Crippen molar-refractivity contribution < 1.29 is 9.72 Å². The second-order valence-corrected chi connectivity index (χ2v) is 8.77. The third-order valence-electron chi connectivity index (χ3n) is 5.29. The quantitative estimate of drug-likeness (QED) is 0.167. The maximum Gasteiger partial charge on any atom is 0.269 e. The third-order valence-corrected chi connectivity index (χ3v) is 6.02. The molecule has 1 aliphatic heterocycles. The second-order valence-electron chi connectivity index (χ2n) is 7.53. The van der Waals surface area contributed by atoms with Crippen molar-refractivity contribution in [1.29, 1.82) is 0 Å². The maximum atomic E-state index is 12.2. The first-order chi connectivity index (χ1) is 16.0. The molecule has 11 heteroatoms. The van der Waals surface area contributed by atoms with E-state index < -0.39 is 4.92 Å². The molecule has 3 heterocycles. The monoisotopic (exact) mass is 467 g/mol. The number of non-ortho nitro benzene ring substituents is 1. The zero-order valence-corrected chi connectivity index (χ0v) is 19.1. The number of nitrogens with one attached hydrogen (secondary N) is 1. The van der Waals surface area contributed by atoms with E-state index in [2.05, 4.69) is 22.2 Å². The highest BCUT2D eigenvalue weighted by Gasteiger charge is 2.20. The highest BCUT2D eigenvalue weighted by atomic mass is 32.2. The predicted octanol–water partition coefficient (Wildman–Crippen LogP) is 3.28. The molecule has 1 fully saturated rings. The largest absolute Gasteiger partial charge is 0.356 e. The van der Waals surface area contributed by atoms with Crippen LogP contribution in [0.1, 0.15) is 25.3 Å². The Morgan fingerprint density at radius 3 is 2.70 bits per heavy atom. The van der Waals surface area contributed by atoms with Gasteiger partial charge in [-0.2, -0.15) is 5.10 Å². The molecule has 0 unspecified atom stereocenters. The van der Waals surface area contributed by atoms with E-state index in [1.165, 1.54) is 18.2 Å². The minimum atomic E-state index is -0.456. The molecule has 3 aromatic rings. The Labute approximate surface area is 195 Å². The Hall–Kier alpha value is -3.47. The molecule has 0 radical (unpaired) electrons. The van der Waals surface area contributed by atoms with Crippen LogP contribution in [-0.4, -0.2) is 56.0 Å². The average molecular weight is 468 g/mol. The lowest BCUT2D eigenvalue weighted by molar-refractivity contribution is -0.384. The van der Waals surface area contributed by atoms with Crippen LogP contribution < -0.4 is 10.2 Å². The Kier molecular flexibility index (Phi) is 7.18. The molecule has 1 aromatic carbocycles. The van der Waals surface area contributed by atoms with Crippen molar-refractivity contribution in [2.45, 2.75) is 31.5 Å². The van der Waals surface area contributed by atoms with Gasteiger partial charge < -0.3 is 10.2 Å². The van der Waals surface area contributed by atoms with Gasteiger partial charge in [-0.25, -0.2) is 14.6 Å². The van der Waals surface area contributed by atoms with Gasteiger partial charge in [-0.3, -0.25) is 14.9 Å². The van der Waals surface area contributed by atoms with Crippen molar-refractivity contribution in [1.82, 2.24) is 25.1 Å². The van der Waals surface area contributed by atoms with Crippen LogP contribution in [0, 0.1) is 10.1 Å². The number of rotatable bonds is 9. The summed E-state index contributed by atoms with van der Waals surface area (Å²) >= 11 is 1.60. The van der Waals surface area contributed by atoms with Gasteiger partial charge >= 0.3 is 0 Å². The highest BCUT2D eigenvalue weighted by Crippen LogP contribution is 2.29. The van der Waals surface area contributed by atoms with Gasteiger partial charge in [-0.1, -0.05) is 18.7 Å². The van der Waals surface area contributed by atoms with Gasteiger partial charge in [0, 0.05) is 37.8 Å². The second kappa shape index (κ2) is 10.4. The third kappa shape index (κ3) is 5.48. The van der Waals surface area contributed by atoms with E-state index in [9.17, 15) is 14.9 Å². The first-order valence-corrected chi connectivity index (χ1v) is 11.9. The summed E-state index contributed by atoms with van der Waals surface area (Å²) in [4.78, 5) is 34.2. The molecule has 0 aliphatic carbocycles. The van der Waals surface area contributed by atoms with Crippen molar-refractivity contribution in [3.63, 3.8) is 0 Å². The van der Waals surface area contributed by atoms with E-state index in [1.807, 2.05) is 0 Å². The number of thioether (sulfide) groups is 1. The molecule has 0 bridgehead atoms. The summed E-state index contributed by atoms with van der Waals surface area (Å²) in [6.45, 7) is 4.92. The number of nitro groups is 1. The summed E-state index contributed by atoms with van der Waals surface area (Å²) in [5.74, 6) is 1.57. The van der Waals surface area contributed by atoms with Crippen LogP contribution in [0.2, 0.25) is 0 Å². The summed E-state index contributed by atoms with van der Waals surface area (Å²) in [7, 11) is 0. The van der Waals surface area contributed by atoms with Crippen LogP contribution >= 0.6 is 11.8 Å². The number of carbonyl (C=O) groups excluding carboxylic acids is 1. The molecule has 0 saturated carbocycles. The number of aromatic nitrogens is 4. The van der Waals surface area contributed by atoms with Crippen LogP contribution in [0.5, 0.6) is 0 Å². The van der Waals surface area contributed by atoms with E-state index in [-0.39, 0.29) is 11.6 Å². The van der Waals surface area contributed by atoms with Crippen molar-refractivity contribution >= 4 is 46.3 Å². The first kappa shape index (κ1) is 22.7. The number of anilines is 1. The minimum Gasteiger partial charge on any atom is -0.356 e. The molecule has 2 aromatic heterocycles. The molecule has 1 N–H and O–H groups in total. The Bertz CT molecular complexity index is 1170. The van der Waals surface area contributed by atoms with Gasteiger partial charge in [0.05, 0.1) is 23.1 Å². The van der Waals surface area contributed by atoms with Gasteiger partial charge in [0.1, 0.15) is 5.82 Å². The maximum absolute atomic E-state index is 12.2. The molecule has 172 valence electrons. The smallest absolute Gasteiger partial charge is 0.269 e. The molecule has 0 atom stereocenters. The van der Waals surface area contributed by atoms with E-state index in [1.54, 1.807) is 40.8 Å². The summed E-state index contributed by atoms with van der Waals surface area (Å²) in [6, 6.07) is 6.01. The van der Waals surface area contributed by atoms with Crippen molar-refractivity contribution in [3.05, 3.63) is 52.2 Å². The fourth-order valence-corrected chi connectivity index (χ4v) is 4.23. The van der Waals surface area contributed by atoms with Gasteiger partial charge in [-0.15, -0.1) is 0 Å². The van der Waals surface area contributed by atoms with Crippen molar-refractivity contribution in [3.8, 4) is 0 Å². The van der Waals surface area contributed by atoms with Gasteiger partial charge in [0.2, 0.25) is 5.91 Å². The number of hydrogen-bond donors (Lipinski definition) is 1. The van der Waals surface area contributed by atoms with Gasteiger partial charge in [-0.05, 0) is 42.4 Å². The Morgan fingerprint density at radius 1 is 1.24 bits per heavy atom. The average Bonchev–Trinajstić information content (AvgIpc) is 3.48. The van der Waals surface area contributed by atoms with Gasteiger partial charge in [0.15, 0.2) is 10.8 Å². The summed E-state index contributed by atoms with van der Waals surface area (Å²) in [5.41, 5.74) is 1.50. The molecular formula is C22H25N7O3S. The topological polar surface area (TPSA) is 119 Å².